The van der Waals surface area contributed by atoms with E-state index in [1.54, 1.807) is 11.3 Å². The fourth-order valence-corrected chi connectivity index (χ4v) is 2.78. The molecule has 0 saturated heterocycles. The first-order valence-corrected chi connectivity index (χ1v) is 8.60. The Balaban J connectivity index is 2.33. The number of nitrogens with zero attached hydrogens (tertiary/aromatic N) is 2. The first kappa shape index (κ1) is 18.0. The van der Waals surface area contributed by atoms with Crippen molar-refractivity contribution in [2.24, 2.45) is 10.9 Å². The fraction of sp³-hybridized carbons (Fsp3) is 0.750. The van der Waals surface area contributed by atoms with Crippen LogP contribution in [0.1, 0.15) is 51.7 Å². The lowest BCUT2D eigenvalue weighted by Crippen LogP contribution is -2.39. The maximum absolute atomic E-state index is 4.71. The van der Waals surface area contributed by atoms with Crippen molar-refractivity contribution in [3.05, 3.63) is 16.1 Å². The summed E-state index contributed by atoms with van der Waals surface area (Å²) >= 11 is 1.75. The summed E-state index contributed by atoms with van der Waals surface area (Å²) in [6.45, 7) is 12.9. The quantitative estimate of drug-likeness (QED) is 0.626. The first-order chi connectivity index (χ1) is 9.82. The SMILES string of the molecule is CN=C(NCCc1nc(C(C)(C)C)cs1)NCCC(C)C. The average molecular weight is 311 g/mol. The molecule has 0 aromatic carbocycles. The molecular formula is C16H30N4S. The highest BCUT2D eigenvalue weighted by Gasteiger charge is 2.17. The maximum Gasteiger partial charge on any atom is 0.190 e. The van der Waals surface area contributed by atoms with Gasteiger partial charge in [-0.3, -0.25) is 4.99 Å². The molecule has 0 spiro atoms. The van der Waals surface area contributed by atoms with Gasteiger partial charge in [0.25, 0.3) is 0 Å². The Morgan fingerprint density at radius 1 is 1.29 bits per heavy atom. The second kappa shape index (κ2) is 8.37. The third kappa shape index (κ3) is 6.93. The van der Waals surface area contributed by atoms with Crippen molar-refractivity contribution >= 4 is 17.3 Å². The lowest BCUT2D eigenvalue weighted by Gasteiger charge is -2.14. The number of aliphatic imine (C=N–C) groups is 1. The van der Waals surface area contributed by atoms with Gasteiger partial charge < -0.3 is 10.6 Å². The number of aromatic nitrogens is 1. The van der Waals surface area contributed by atoms with Gasteiger partial charge in [-0.2, -0.15) is 0 Å². The molecule has 0 radical (unpaired) electrons. The first-order valence-electron chi connectivity index (χ1n) is 7.72. The lowest BCUT2D eigenvalue weighted by atomic mass is 9.93. The van der Waals surface area contributed by atoms with Gasteiger partial charge in [-0.05, 0) is 12.3 Å². The van der Waals surface area contributed by atoms with Crippen LogP contribution in [0.3, 0.4) is 0 Å². The molecule has 1 rings (SSSR count). The van der Waals surface area contributed by atoms with E-state index in [1.165, 1.54) is 10.7 Å². The molecule has 0 bridgehead atoms. The Kier molecular flexibility index (Phi) is 7.15. The largest absolute Gasteiger partial charge is 0.356 e. The normalized spacial score (nSPS) is 12.8. The van der Waals surface area contributed by atoms with Gasteiger partial charge in [-0.25, -0.2) is 4.98 Å². The second-order valence-corrected chi connectivity index (χ2v) is 7.68. The number of hydrogen-bond acceptors (Lipinski definition) is 3. The number of hydrogen-bond donors (Lipinski definition) is 2. The van der Waals surface area contributed by atoms with E-state index in [0.29, 0.717) is 5.92 Å². The van der Waals surface area contributed by atoms with E-state index in [0.717, 1.165) is 31.9 Å². The third-order valence-corrected chi connectivity index (χ3v) is 4.10. The van der Waals surface area contributed by atoms with E-state index in [2.05, 4.69) is 55.6 Å². The molecule has 120 valence electrons. The van der Waals surface area contributed by atoms with E-state index in [4.69, 9.17) is 4.98 Å². The van der Waals surface area contributed by atoms with Crippen LogP contribution in [0.15, 0.2) is 10.4 Å². The van der Waals surface area contributed by atoms with Gasteiger partial charge in [-0.1, -0.05) is 34.6 Å². The van der Waals surface area contributed by atoms with E-state index in [1.807, 2.05) is 7.05 Å². The molecule has 0 atom stereocenters. The predicted octanol–water partition coefficient (Wildman–Crippen LogP) is 3.19. The van der Waals surface area contributed by atoms with Gasteiger partial charge in [0.15, 0.2) is 5.96 Å². The molecule has 0 aliphatic heterocycles. The minimum Gasteiger partial charge on any atom is -0.356 e. The molecule has 21 heavy (non-hydrogen) atoms. The average Bonchev–Trinajstić information content (AvgIpc) is 2.85. The molecule has 0 aliphatic rings. The van der Waals surface area contributed by atoms with E-state index >= 15 is 0 Å². The topological polar surface area (TPSA) is 49.3 Å². The van der Waals surface area contributed by atoms with Crippen molar-refractivity contribution in [2.75, 3.05) is 20.1 Å². The summed E-state index contributed by atoms with van der Waals surface area (Å²) < 4.78 is 0. The van der Waals surface area contributed by atoms with Crippen molar-refractivity contribution < 1.29 is 0 Å². The minimum absolute atomic E-state index is 0.136. The third-order valence-electron chi connectivity index (χ3n) is 3.19. The Labute approximate surface area is 133 Å². The van der Waals surface area contributed by atoms with Crippen LogP contribution in [0.5, 0.6) is 0 Å². The maximum atomic E-state index is 4.71. The zero-order chi connectivity index (χ0) is 15.9. The van der Waals surface area contributed by atoms with Gasteiger partial charge in [0.05, 0.1) is 10.7 Å². The summed E-state index contributed by atoms with van der Waals surface area (Å²) in [5, 5.41) is 10.0. The molecule has 0 aliphatic carbocycles. The highest BCUT2D eigenvalue weighted by Crippen LogP contribution is 2.23. The summed E-state index contributed by atoms with van der Waals surface area (Å²) in [4.78, 5) is 8.95. The Morgan fingerprint density at radius 3 is 2.48 bits per heavy atom. The molecule has 0 fully saturated rings. The van der Waals surface area contributed by atoms with Crippen molar-refractivity contribution in [2.45, 2.75) is 52.9 Å². The van der Waals surface area contributed by atoms with Gasteiger partial charge >= 0.3 is 0 Å². The van der Waals surface area contributed by atoms with Crippen molar-refractivity contribution in [3.8, 4) is 0 Å². The van der Waals surface area contributed by atoms with Gasteiger partial charge in [-0.15, -0.1) is 11.3 Å². The van der Waals surface area contributed by atoms with Gasteiger partial charge in [0.2, 0.25) is 0 Å². The van der Waals surface area contributed by atoms with E-state index in [9.17, 15) is 0 Å². The summed E-state index contributed by atoms with van der Waals surface area (Å²) in [7, 11) is 1.81. The van der Waals surface area contributed by atoms with E-state index < -0.39 is 0 Å². The monoisotopic (exact) mass is 310 g/mol. The molecule has 0 unspecified atom stereocenters. The molecule has 4 nitrogen and oxygen atoms in total. The Hall–Kier alpha value is -1.10. The van der Waals surface area contributed by atoms with Crippen LogP contribution in [0.25, 0.3) is 0 Å². The molecular weight excluding hydrogens is 280 g/mol. The fourth-order valence-electron chi connectivity index (χ4n) is 1.76. The zero-order valence-electron chi connectivity index (χ0n) is 14.3. The highest BCUT2D eigenvalue weighted by atomic mass is 32.1. The molecule has 2 N–H and O–H groups in total. The standard InChI is InChI=1S/C16H30N4S/c1-12(2)7-9-18-15(17-6)19-10-8-14-20-13(11-21-14)16(3,4)5/h11-12H,7-10H2,1-6H3,(H2,17,18,19). The number of thiazole rings is 1. The van der Waals surface area contributed by atoms with Gasteiger partial charge in [0, 0.05) is 37.4 Å². The number of rotatable bonds is 6. The van der Waals surface area contributed by atoms with Crippen LogP contribution >= 0.6 is 11.3 Å². The second-order valence-electron chi connectivity index (χ2n) is 6.73. The summed E-state index contributed by atoms with van der Waals surface area (Å²) in [6, 6.07) is 0. The Morgan fingerprint density at radius 2 is 1.95 bits per heavy atom. The smallest absolute Gasteiger partial charge is 0.190 e. The van der Waals surface area contributed by atoms with Crippen LogP contribution in [-0.4, -0.2) is 31.1 Å². The van der Waals surface area contributed by atoms with Crippen molar-refractivity contribution in [3.63, 3.8) is 0 Å². The van der Waals surface area contributed by atoms with Crippen molar-refractivity contribution in [1.82, 2.24) is 15.6 Å². The molecule has 0 amide bonds. The molecule has 5 heteroatoms. The highest BCUT2D eigenvalue weighted by molar-refractivity contribution is 7.09. The lowest BCUT2D eigenvalue weighted by molar-refractivity contribution is 0.569. The van der Waals surface area contributed by atoms with Crippen molar-refractivity contribution in [1.29, 1.82) is 0 Å². The zero-order valence-corrected chi connectivity index (χ0v) is 15.1. The van der Waals surface area contributed by atoms with Gasteiger partial charge in [0.1, 0.15) is 0 Å². The molecule has 1 aromatic rings. The summed E-state index contributed by atoms with van der Waals surface area (Å²) in [5.74, 6) is 1.59. The van der Waals surface area contributed by atoms with E-state index in [-0.39, 0.29) is 5.41 Å². The van der Waals surface area contributed by atoms with Crippen LogP contribution in [0.4, 0.5) is 0 Å². The number of nitrogens with one attached hydrogen (secondary N) is 2. The Bertz CT molecular complexity index is 443. The molecule has 0 saturated carbocycles. The predicted molar refractivity (Wildman–Crippen MR) is 93.3 cm³/mol. The van der Waals surface area contributed by atoms with Crippen LogP contribution in [0, 0.1) is 5.92 Å². The molecule has 1 heterocycles. The minimum atomic E-state index is 0.136. The summed E-state index contributed by atoms with van der Waals surface area (Å²) in [5.41, 5.74) is 1.32. The van der Waals surface area contributed by atoms with Crippen LogP contribution in [-0.2, 0) is 11.8 Å². The van der Waals surface area contributed by atoms with Crippen LogP contribution < -0.4 is 10.6 Å². The summed E-state index contributed by atoms with van der Waals surface area (Å²) in [6.07, 6.45) is 2.09. The number of guanidine groups is 1. The molecule has 1 aromatic heterocycles. The van der Waals surface area contributed by atoms with Crippen LogP contribution in [0.2, 0.25) is 0 Å².